The number of nitrogens with two attached hydrogens (primary N) is 1. The molecule has 1 amide bonds. The Balaban J connectivity index is 1.26. The second kappa shape index (κ2) is 19.4. The first-order valence-electron chi connectivity index (χ1n) is 22.3. The van der Waals surface area contributed by atoms with Crippen molar-refractivity contribution in [2.45, 2.75) is 160 Å². The van der Waals surface area contributed by atoms with Crippen LogP contribution in [0.25, 0.3) is 11.3 Å². The van der Waals surface area contributed by atoms with E-state index < -0.39 is 65.7 Å². The summed E-state index contributed by atoms with van der Waals surface area (Å²) in [6.45, 7) is 14.7. The highest BCUT2D eigenvalue weighted by molar-refractivity contribution is 6.00. The molecule has 3 saturated heterocycles. The van der Waals surface area contributed by atoms with Gasteiger partial charge in [0.2, 0.25) is 0 Å². The number of ketones is 1. The van der Waals surface area contributed by atoms with Gasteiger partial charge in [0.1, 0.15) is 23.8 Å². The highest BCUT2D eigenvalue weighted by Gasteiger charge is 2.61. The monoisotopic (exact) mass is 854 g/mol. The van der Waals surface area contributed by atoms with Gasteiger partial charge >= 0.3 is 12.1 Å². The number of benzene rings is 1. The van der Waals surface area contributed by atoms with Gasteiger partial charge in [-0.15, -0.1) is 5.10 Å². The van der Waals surface area contributed by atoms with Gasteiger partial charge in [0, 0.05) is 49.5 Å². The topological polar surface area (TPSA) is 193 Å². The fraction of sp³-hybridized carbons (Fsp3) is 0.756. The number of aromatic nitrogens is 3. The van der Waals surface area contributed by atoms with Crippen LogP contribution in [0, 0.1) is 23.7 Å². The zero-order valence-corrected chi connectivity index (χ0v) is 37.9. The molecule has 4 N–H and O–H groups in total. The smallest absolute Gasteiger partial charge is 0.410 e. The molecule has 0 bridgehead atoms. The molecule has 4 aliphatic rings. The van der Waals surface area contributed by atoms with Crippen molar-refractivity contribution in [1.82, 2.24) is 30.1 Å². The number of esters is 1. The number of nitrogens with one attached hydrogen (secondary N) is 1. The summed E-state index contributed by atoms with van der Waals surface area (Å²) in [5.74, 6) is -2.83. The number of cyclic esters (lactones) is 1. The normalized spacial score (nSPS) is 36.9. The number of anilines is 1. The number of aliphatic hydroxyl groups excluding tert-OH is 1. The average Bonchev–Trinajstić information content (AvgIpc) is 3.89. The zero-order chi connectivity index (χ0) is 44.4. The third kappa shape index (κ3) is 10.3. The van der Waals surface area contributed by atoms with Crippen LogP contribution in [0.15, 0.2) is 30.5 Å². The van der Waals surface area contributed by atoms with E-state index in [1.54, 1.807) is 25.6 Å². The maximum absolute atomic E-state index is 14.5. The predicted molar refractivity (Wildman–Crippen MR) is 229 cm³/mol. The quantitative estimate of drug-likeness (QED) is 0.115. The number of unbranched alkanes of at least 4 members (excludes halogenated alkanes) is 1. The van der Waals surface area contributed by atoms with Crippen LogP contribution in [0.1, 0.15) is 93.4 Å². The number of amides is 1. The van der Waals surface area contributed by atoms with Crippen LogP contribution in [0.2, 0.25) is 0 Å². The van der Waals surface area contributed by atoms with E-state index in [4.69, 9.17) is 29.4 Å². The van der Waals surface area contributed by atoms with E-state index in [2.05, 4.69) is 22.6 Å². The molecule has 13 atom stereocenters. The van der Waals surface area contributed by atoms with E-state index in [0.717, 1.165) is 30.5 Å². The first-order valence-corrected chi connectivity index (χ1v) is 22.3. The molecular formula is C45H71N7O9. The minimum atomic E-state index is -1.21. The van der Waals surface area contributed by atoms with E-state index in [1.165, 1.54) is 0 Å². The van der Waals surface area contributed by atoms with Gasteiger partial charge in [-0.2, -0.15) is 0 Å². The second-order valence-corrected chi connectivity index (χ2v) is 18.9. The fourth-order valence-electron chi connectivity index (χ4n) is 10.1. The molecule has 1 aromatic heterocycles. The van der Waals surface area contributed by atoms with Crippen molar-refractivity contribution < 1.29 is 43.2 Å². The lowest BCUT2D eigenvalue weighted by Gasteiger charge is -2.46. The van der Waals surface area contributed by atoms with E-state index in [1.807, 2.05) is 82.1 Å². The molecule has 16 heteroatoms. The first-order chi connectivity index (χ1) is 28.9. The van der Waals surface area contributed by atoms with Crippen LogP contribution in [0.5, 0.6) is 0 Å². The van der Waals surface area contributed by atoms with Crippen molar-refractivity contribution in [3.8, 4) is 11.3 Å². The number of rotatable bonds is 12. The van der Waals surface area contributed by atoms with Crippen LogP contribution in [-0.2, 0) is 39.8 Å². The number of hydrogen-bond donors (Lipinski definition) is 3. The fourth-order valence-corrected chi connectivity index (χ4v) is 10.1. The number of fused-ring (bicyclic) bond motifs is 1. The number of carbonyl (C=O) groups excluding carboxylic acids is 3. The maximum atomic E-state index is 14.5. The lowest BCUT2D eigenvalue weighted by atomic mass is 9.78. The Bertz CT molecular complexity index is 1830. The van der Waals surface area contributed by atoms with E-state index in [0.29, 0.717) is 51.0 Å². The number of Topliss-reactive ketones (excluding diaryl/α,β-unsaturated/α-hetero) is 1. The number of aryl methyl sites for hydroxylation is 1. The Morgan fingerprint density at radius 3 is 2.46 bits per heavy atom. The molecule has 4 fully saturated rings. The summed E-state index contributed by atoms with van der Waals surface area (Å²) < 4.78 is 33.7. The molecule has 61 heavy (non-hydrogen) atoms. The van der Waals surface area contributed by atoms with Gasteiger partial charge in [0.25, 0.3) is 0 Å². The van der Waals surface area contributed by atoms with Crippen molar-refractivity contribution in [3.05, 3.63) is 30.5 Å². The molecule has 4 unspecified atom stereocenters. The molecule has 340 valence electrons. The van der Waals surface area contributed by atoms with Crippen molar-refractivity contribution >= 4 is 23.5 Å². The van der Waals surface area contributed by atoms with Crippen molar-refractivity contribution in [2.75, 3.05) is 40.0 Å². The largest absolute Gasteiger partial charge is 0.458 e. The molecule has 0 radical (unpaired) electrons. The average molecular weight is 854 g/mol. The van der Waals surface area contributed by atoms with E-state index >= 15 is 0 Å². The van der Waals surface area contributed by atoms with Gasteiger partial charge < -0.3 is 44.7 Å². The van der Waals surface area contributed by atoms with Crippen LogP contribution in [0.3, 0.4) is 0 Å². The van der Waals surface area contributed by atoms with Gasteiger partial charge in [0.05, 0.1) is 30.0 Å². The van der Waals surface area contributed by atoms with Gasteiger partial charge in [0.15, 0.2) is 17.7 Å². The lowest BCUT2D eigenvalue weighted by Crippen LogP contribution is -2.62. The van der Waals surface area contributed by atoms with E-state index in [9.17, 15) is 19.5 Å². The maximum Gasteiger partial charge on any atom is 0.410 e. The summed E-state index contributed by atoms with van der Waals surface area (Å²) in [4.78, 5) is 46.5. The molecule has 0 spiro atoms. The highest BCUT2D eigenvalue weighted by Crippen LogP contribution is 2.45. The number of ether oxygens (including phenoxy) is 5. The van der Waals surface area contributed by atoms with Gasteiger partial charge in [-0.25, -0.2) is 4.79 Å². The number of hydrogen-bond acceptors (Lipinski definition) is 14. The Morgan fingerprint density at radius 1 is 1.08 bits per heavy atom. The summed E-state index contributed by atoms with van der Waals surface area (Å²) >= 11 is 0. The summed E-state index contributed by atoms with van der Waals surface area (Å²) in [6.07, 6.45) is 2.33. The van der Waals surface area contributed by atoms with Gasteiger partial charge in [-0.3, -0.25) is 19.2 Å². The molecule has 3 aliphatic heterocycles. The number of nitrogens with zero attached hydrogens (tertiary/aromatic N) is 5. The Labute approximate surface area is 361 Å². The van der Waals surface area contributed by atoms with Crippen molar-refractivity contribution in [3.63, 3.8) is 0 Å². The predicted octanol–water partition coefficient (Wildman–Crippen LogP) is 4.67. The molecule has 4 heterocycles. The third-order valence-electron chi connectivity index (χ3n) is 13.7. The number of methoxy groups -OCH3 is 1. The molecule has 1 saturated carbocycles. The Morgan fingerprint density at radius 2 is 1.80 bits per heavy atom. The summed E-state index contributed by atoms with van der Waals surface area (Å²) in [6, 6.07) is 6.67. The number of likely N-dealkylation sites (N-methyl/N-ethyl adjacent to an activating group) is 1. The minimum absolute atomic E-state index is 0.00489. The molecular weight excluding hydrogens is 783 g/mol. The molecule has 1 aromatic carbocycles. The van der Waals surface area contributed by atoms with Crippen LogP contribution in [0.4, 0.5) is 10.5 Å². The molecule has 1 aliphatic carbocycles. The van der Waals surface area contributed by atoms with Crippen LogP contribution < -0.4 is 11.1 Å². The van der Waals surface area contributed by atoms with E-state index in [-0.39, 0.29) is 35.8 Å². The molecule has 6 rings (SSSR count). The molecule has 16 nitrogen and oxygen atoms in total. The standard InChI is InChI=1S/C45H71N7O9/c1-11-35-45(7)39(52(43(56)61-45)20-13-12-19-51-25-33(48-49-51)31-15-14-16-32(46)22-31)36(30-17-18-30)47-24-26(2)23-44(6,57-10)40(28(4)37(53)29(5)41(55)59-35)60-42-38(54)34(50(8)9)21-27(3)58-42/h14-16,22,25-30,34-36,38-40,42,47,54H,11-13,17-21,23-24,46H2,1-10H3/t26-,27?,28+,29-,34?,35-,36?,38?,39-,40-,42+,44-,45-/m1/s1. The second-order valence-electron chi connectivity index (χ2n) is 18.9. The van der Waals surface area contributed by atoms with Gasteiger partial charge in [-0.1, -0.05) is 38.1 Å². The number of aliphatic hydroxyl groups is 1. The SMILES string of the molecule is CC[C@H]1OC(=O)[C@H](C)C(=O)[C@H](C)[C@@H](O[C@@H]2OC(C)CC(N(C)C)C2O)[C@](C)(OC)C[C@@H](C)CNC(C2CC2)[C@H]2N(CCCCn3cc(-c4cccc(N)c4)nn3)C(=O)O[C@]12C. The highest BCUT2D eigenvalue weighted by atomic mass is 16.7. The number of carbonyl (C=O) groups is 3. The first kappa shape index (κ1) is 46.8. The lowest BCUT2D eigenvalue weighted by molar-refractivity contribution is -0.295. The van der Waals surface area contributed by atoms with Crippen LogP contribution >= 0.6 is 0 Å². The summed E-state index contributed by atoms with van der Waals surface area (Å²) in [5.41, 5.74) is 6.02. The third-order valence-corrected chi connectivity index (χ3v) is 13.7. The minimum Gasteiger partial charge on any atom is -0.458 e. The molecule has 2 aromatic rings. The van der Waals surface area contributed by atoms with Crippen molar-refractivity contribution in [2.24, 2.45) is 23.7 Å². The number of nitrogen functional groups attached to an aromatic ring is 1. The van der Waals surface area contributed by atoms with Gasteiger partial charge in [-0.05, 0) is 117 Å². The summed E-state index contributed by atoms with van der Waals surface area (Å²) in [5, 5.41) is 24.0. The van der Waals surface area contributed by atoms with Crippen molar-refractivity contribution in [1.29, 1.82) is 0 Å². The summed E-state index contributed by atoms with van der Waals surface area (Å²) in [7, 11) is 5.43. The Hall–Kier alpha value is -3.67. The van der Waals surface area contributed by atoms with Crippen LogP contribution in [-0.4, -0.2) is 142 Å². The Kier molecular flexibility index (Phi) is 14.9. The zero-order valence-electron chi connectivity index (χ0n) is 37.9.